The number of nitrogens with zero attached hydrogens (tertiary/aromatic N) is 4. The van der Waals surface area contributed by atoms with Gasteiger partial charge in [-0.15, -0.1) is 0 Å². The molecule has 28 heavy (non-hydrogen) atoms. The minimum Gasteiger partial charge on any atom is -0.497 e. The van der Waals surface area contributed by atoms with Crippen LogP contribution < -0.4 is 20.1 Å². The van der Waals surface area contributed by atoms with Crippen LogP contribution in [0.4, 0.5) is 0 Å². The van der Waals surface area contributed by atoms with Gasteiger partial charge in [0.25, 0.3) is 0 Å². The van der Waals surface area contributed by atoms with Crippen LogP contribution in [-0.4, -0.2) is 62.5 Å². The first-order valence-corrected chi connectivity index (χ1v) is 9.23. The van der Waals surface area contributed by atoms with Crippen LogP contribution >= 0.6 is 0 Å². The van der Waals surface area contributed by atoms with Crippen molar-refractivity contribution in [2.75, 3.05) is 41.9 Å². The second kappa shape index (κ2) is 9.98. The summed E-state index contributed by atoms with van der Waals surface area (Å²) in [4.78, 5) is 6.52. The second-order valence-electron chi connectivity index (χ2n) is 6.85. The zero-order valence-electron chi connectivity index (χ0n) is 17.9. The Bertz CT molecular complexity index is 787. The van der Waals surface area contributed by atoms with E-state index in [1.54, 1.807) is 21.3 Å². The Morgan fingerprint density at radius 3 is 2.57 bits per heavy atom. The van der Waals surface area contributed by atoms with Crippen molar-refractivity contribution in [1.29, 1.82) is 0 Å². The van der Waals surface area contributed by atoms with E-state index in [1.165, 1.54) is 0 Å². The van der Waals surface area contributed by atoms with E-state index in [9.17, 15) is 0 Å². The summed E-state index contributed by atoms with van der Waals surface area (Å²) in [5, 5.41) is 11.1. The highest BCUT2D eigenvalue weighted by Gasteiger charge is 2.18. The molecule has 0 saturated carbocycles. The summed E-state index contributed by atoms with van der Waals surface area (Å²) in [6.07, 6.45) is 3.93. The van der Waals surface area contributed by atoms with Crippen LogP contribution in [-0.2, 0) is 7.05 Å². The van der Waals surface area contributed by atoms with Gasteiger partial charge < -0.3 is 25.0 Å². The Kier molecular flexibility index (Phi) is 7.69. The van der Waals surface area contributed by atoms with E-state index < -0.39 is 0 Å². The quantitative estimate of drug-likeness (QED) is 0.532. The smallest absolute Gasteiger partial charge is 0.191 e. The van der Waals surface area contributed by atoms with Gasteiger partial charge >= 0.3 is 0 Å². The maximum Gasteiger partial charge on any atom is 0.191 e. The first-order chi connectivity index (χ1) is 13.4. The van der Waals surface area contributed by atoms with E-state index in [1.807, 2.05) is 42.3 Å². The number of nitrogens with one attached hydrogen (secondary N) is 2. The molecule has 0 fully saturated rings. The predicted molar refractivity (Wildman–Crippen MR) is 112 cm³/mol. The fraction of sp³-hybridized carbons (Fsp3) is 0.500. The summed E-state index contributed by atoms with van der Waals surface area (Å²) < 4.78 is 12.7. The molecule has 2 N–H and O–H groups in total. The van der Waals surface area contributed by atoms with Crippen LogP contribution in [0.25, 0.3) is 0 Å². The standard InChI is InChI=1S/C20H32N6O2/c1-14(17-10-16(27-6)8-9-19(17)28-7)24-20(21-2)22-12-18(25(3)4)15-11-23-26(5)13-15/h8-11,13-14,18H,12H2,1-7H3,(H2,21,22,24). The summed E-state index contributed by atoms with van der Waals surface area (Å²) in [5.41, 5.74) is 2.15. The Balaban J connectivity index is 2.07. The summed E-state index contributed by atoms with van der Waals surface area (Å²) >= 11 is 0. The van der Waals surface area contributed by atoms with Crippen LogP contribution in [0.3, 0.4) is 0 Å². The maximum atomic E-state index is 5.50. The lowest BCUT2D eigenvalue weighted by Crippen LogP contribution is -2.42. The van der Waals surface area contributed by atoms with Crippen molar-refractivity contribution in [1.82, 2.24) is 25.3 Å². The minimum absolute atomic E-state index is 0.0209. The van der Waals surface area contributed by atoms with Crippen LogP contribution in [0.15, 0.2) is 35.6 Å². The second-order valence-corrected chi connectivity index (χ2v) is 6.85. The van der Waals surface area contributed by atoms with Gasteiger partial charge in [-0.1, -0.05) is 0 Å². The van der Waals surface area contributed by atoms with Crippen molar-refractivity contribution in [2.24, 2.45) is 12.0 Å². The van der Waals surface area contributed by atoms with Crippen LogP contribution in [0.5, 0.6) is 11.5 Å². The zero-order chi connectivity index (χ0) is 20.7. The van der Waals surface area contributed by atoms with E-state index in [-0.39, 0.29) is 12.1 Å². The fourth-order valence-corrected chi connectivity index (χ4v) is 3.06. The van der Waals surface area contributed by atoms with E-state index in [2.05, 4.69) is 46.6 Å². The molecule has 0 radical (unpaired) electrons. The molecule has 154 valence electrons. The molecule has 0 aliphatic carbocycles. The van der Waals surface area contributed by atoms with Crippen LogP contribution in [0.2, 0.25) is 0 Å². The molecular formula is C20H32N6O2. The zero-order valence-corrected chi connectivity index (χ0v) is 17.9. The molecule has 0 amide bonds. The van der Waals surface area contributed by atoms with E-state index in [0.717, 1.165) is 22.6 Å². The molecule has 0 bridgehead atoms. The molecule has 2 aromatic rings. The SMILES string of the molecule is CN=C(NCC(c1cnn(C)c1)N(C)C)NC(C)c1cc(OC)ccc1OC. The van der Waals surface area contributed by atoms with Gasteiger partial charge in [0.15, 0.2) is 5.96 Å². The van der Waals surface area contributed by atoms with Crippen molar-refractivity contribution in [3.63, 3.8) is 0 Å². The number of likely N-dealkylation sites (N-methyl/N-ethyl adjacent to an activating group) is 1. The number of methoxy groups -OCH3 is 2. The number of hydrogen-bond acceptors (Lipinski definition) is 5. The number of benzene rings is 1. The first kappa shape index (κ1) is 21.6. The van der Waals surface area contributed by atoms with E-state index in [0.29, 0.717) is 12.5 Å². The van der Waals surface area contributed by atoms with Crippen LogP contribution in [0, 0.1) is 0 Å². The highest BCUT2D eigenvalue weighted by atomic mass is 16.5. The Labute approximate surface area is 167 Å². The van der Waals surface area contributed by atoms with Gasteiger partial charge in [0.05, 0.1) is 32.5 Å². The van der Waals surface area contributed by atoms with E-state index in [4.69, 9.17) is 9.47 Å². The third-order valence-corrected chi connectivity index (χ3v) is 4.68. The number of aromatic nitrogens is 2. The van der Waals surface area contributed by atoms with Crippen molar-refractivity contribution < 1.29 is 9.47 Å². The van der Waals surface area contributed by atoms with E-state index >= 15 is 0 Å². The molecule has 0 saturated heterocycles. The lowest BCUT2D eigenvalue weighted by molar-refractivity contribution is 0.298. The molecule has 2 unspecified atom stereocenters. The van der Waals surface area contributed by atoms with Crippen molar-refractivity contribution in [3.8, 4) is 11.5 Å². The molecule has 1 aromatic carbocycles. The molecule has 1 aromatic heterocycles. The van der Waals surface area contributed by atoms with Crippen molar-refractivity contribution >= 4 is 5.96 Å². The van der Waals surface area contributed by atoms with Crippen molar-refractivity contribution in [2.45, 2.75) is 19.0 Å². The number of hydrogen-bond donors (Lipinski definition) is 2. The largest absolute Gasteiger partial charge is 0.497 e. The van der Waals surface area contributed by atoms with Crippen LogP contribution in [0.1, 0.15) is 30.1 Å². The van der Waals surface area contributed by atoms with Gasteiger partial charge in [0.2, 0.25) is 0 Å². The van der Waals surface area contributed by atoms with Gasteiger partial charge in [-0.25, -0.2) is 0 Å². The average molecular weight is 389 g/mol. The van der Waals surface area contributed by atoms with Gasteiger partial charge in [-0.3, -0.25) is 9.67 Å². The lowest BCUT2D eigenvalue weighted by atomic mass is 10.1. The Morgan fingerprint density at radius 1 is 1.29 bits per heavy atom. The number of aryl methyl sites for hydroxylation is 1. The highest BCUT2D eigenvalue weighted by molar-refractivity contribution is 5.80. The fourth-order valence-electron chi connectivity index (χ4n) is 3.06. The summed E-state index contributed by atoms with van der Waals surface area (Å²) in [6, 6.07) is 5.92. The molecule has 0 aliphatic heterocycles. The summed E-state index contributed by atoms with van der Waals surface area (Å²) in [6.45, 7) is 2.76. The molecule has 0 aliphatic rings. The third-order valence-electron chi connectivity index (χ3n) is 4.68. The number of rotatable bonds is 8. The van der Waals surface area contributed by atoms with Gasteiger partial charge in [-0.2, -0.15) is 5.10 Å². The van der Waals surface area contributed by atoms with Gasteiger partial charge in [-0.05, 0) is 39.2 Å². The Morgan fingerprint density at radius 2 is 2.04 bits per heavy atom. The summed E-state index contributed by atoms with van der Waals surface area (Å²) in [7, 11) is 11.1. The number of guanidine groups is 1. The molecule has 2 rings (SSSR count). The predicted octanol–water partition coefficient (Wildman–Crippen LogP) is 1.97. The minimum atomic E-state index is -0.0209. The molecule has 1 heterocycles. The van der Waals surface area contributed by atoms with Gasteiger partial charge in [0.1, 0.15) is 11.5 Å². The summed E-state index contributed by atoms with van der Waals surface area (Å²) in [5.74, 6) is 2.31. The maximum absolute atomic E-state index is 5.50. The average Bonchev–Trinajstić information content (AvgIpc) is 3.12. The molecule has 8 heteroatoms. The Hall–Kier alpha value is -2.74. The van der Waals surface area contributed by atoms with Crippen molar-refractivity contribution in [3.05, 3.63) is 41.7 Å². The highest BCUT2D eigenvalue weighted by Crippen LogP contribution is 2.29. The molecular weight excluding hydrogens is 356 g/mol. The first-order valence-electron chi connectivity index (χ1n) is 9.23. The number of aliphatic imine (C=N–C) groups is 1. The number of ether oxygens (including phenoxy) is 2. The molecule has 0 spiro atoms. The lowest BCUT2D eigenvalue weighted by Gasteiger charge is -2.26. The topological polar surface area (TPSA) is 75.9 Å². The third kappa shape index (κ3) is 5.39. The monoisotopic (exact) mass is 388 g/mol. The van der Waals surface area contributed by atoms with Gasteiger partial charge in [0, 0.05) is 38.0 Å². The molecule has 8 nitrogen and oxygen atoms in total. The normalized spacial score (nSPS) is 13.9. The molecule has 2 atom stereocenters.